The third kappa shape index (κ3) is 8.36. The Morgan fingerprint density at radius 3 is 2.44 bits per heavy atom. The highest BCUT2D eigenvalue weighted by molar-refractivity contribution is 5.98. The first-order valence-corrected chi connectivity index (χ1v) is 12.5. The molecule has 218 valence electrons. The zero-order valence-corrected chi connectivity index (χ0v) is 22.4. The summed E-state index contributed by atoms with van der Waals surface area (Å²) in [5.41, 5.74) is -0.594. The zero-order valence-electron chi connectivity index (χ0n) is 22.4. The van der Waals surface area contributed by atoms with Crippen LogP contribution in [0.4, 0.5) is 28.4 Å². The number of phenolic OH excluding ortho intramolecular Hbond substituents is 1. The van der Waals surface area contributed by atoms with Crippen molar-refractivity contribution in [2.24, 2.45) is 0 Å². The fourth-order valence-electron chi connectivity index (χ4n) is 4.02. The average Bonchev–Trinajstić information content (AvgIpc) is 3.53. The smallest absolute Gasteiger partial charge is 0.410 e. The second-order valence-corrected chi connectivity index (χ2v) is 10.6. The Hall–Kier alpha value is -3.26. The SMILES string of the molecule is COC[C@H](c1ccc(O)c(NC(=O)[C@@H](NC(=O)OC(C)(C)C)[C@@H](C)OC2CC2)c1)N1C[C@@H](C(F)(F)F)NC1=O. The van der Waals surface area contributed by atoms with Crippen LogP contribution < -0.4 is 16.0 Å². The van der Waals surface area contributed by atoms with Gasteiger partial charge >= 0.3 is 18.3 Å². The molecule has 1 aromatic carbocycles. The minimum atomic E-state index is -4.63. The molecule has 1 aliphatic heterocycles. The summed E-state index contributed by atoms with van der Waals surface area (Å²) in [6, 6.07) is -1.13. The summed E-state index contributed by atoms with van der Waals surface area (Å²) in [4.78, 5) is 39.1. The van der Waals surface area contributed by atoms with Crippen LogP contribution in [-0.4, -0.2) is 84.4 Å². The van der Waals surface area contributed by atoms with E-state index in [1.165, 1.54) is 25.3 Å². The minimum Gasteiger partial charge on any atom is -0.506 e. The normalized spacial score (nSPS) is 20.2. The Labute approximate surface area is 224 Å². The molecule has 0 bridgehead atoms. The van der Waals surface area contributed by atoms with Crippen molar-refractivity contribution in [1.29, 1.82) is 0 Å². The summed E-state index contributed by atoms with van der Waals surface area (Å²) >= 11 is 0. The van der Waals surface area contributed by atoms with Gasteiger partial charge < -0.3 is 40.2 Å². The van der Waals surface area contributed by atoms with Gasteiger partial charge in [-0.3, -0.25) is 4.79 Å². The second kappa shape index (κ2) is 11.9. The number of phenols is 1. The van der Waals surface area contributed by atoms with Crippen molar-refractivity contribution < 1.29 is 46.9 Å². The van der Waals surface area contributed by atoms with Crippen LogP contribution in [0.3, 0.4) is 0 Å². The lowest BCUT2D eigenvalue weighted by Crippen LogP contribution is -2.52. The van der Waals surface area contributed by atoms with Gasteiger partial charge in [0.15, 0.2) is 0 Å². The van der Waals surface area contributed by atoms with Crippen LogP contribution in [0, 0.1) is 0 Å². The number of aromatic hydroxyl groups is 1. The number of anilines is 1. The van der Waals surface area contributed by atoms with Gasteiger partial charge in [-0.25, -0.2) is 9.59 Å². The molecule has 0 spiro atoms. The fourth-order valence-corrected chi connectivity index (χ4v) is 4.02. The van der Waals surface area contributed by atoms with Crippen LogP contribution in [0.1, 0.15) is 52.1 Å². The van der Waals surface area contributed by atoms with Crippen molar-refractivity contribution in [3.8, 4) is 5.75 Å². The van der Waals surface area contributed by atoms with Crippen LogP contribution in [-0.2, 0) is 19.0 Å². The number of nitrogens with one attached hydrogen (secondary N) is 3. The molecule has 1 aromatic rings. The topological polar surface area (TPSA) is 138 Å². The molecule has 3 rings (SSSR count). The van der Waals surface area contributed by atoms with Crippen molar-refractivity contribution in [1.82, 2.24) is 15.5 Å². The minimum absolute atomic E-state index is 0.0330. The highest BCUT2D eigenvalue weighted by atomic mass is 19.4. The molecular weight excluding hydrogens is 525 g/mol. The standard InChI is InChI=1S/C25H35F3N4O7/c1-13(38-15-7-8-15)20(31-23(36)39-24(2,3)4)21(34)29-16-10-14(6-9-18(16)33)17(12-37-5)32-11-19(25(26,27)28)30-22(32)35/h6,9-10,13,15,17,19-20,33H,7-8,11-12H2,1-5H3,(H,29,34)(H,30,35)(H,31,36)/t13-,17-,19+,20+/m1/s1. The van der Waals surface area contributed by atoms with Crippen LogP contribution >= 0.6 is 0 Å². The molecule has 11 nitrogen and oxygen atoms in total. The molecule has 14 heteroatoms. The van der Waals surface area contributed by atoms with E-state index in [9.17, 15) is 32.7 Å². The lowest BCUT2D eigenvalue weighted by atomic mass is 10.0. The van der Waals surface area contributed by atoms with E-state index in [0.717, 1.165) is 17.7 Å². The number of carbonyl (C=O) groups is 3. The number of carbonyl (C=O) groups excluding carboxylic acids is 3. The van der Waals surface area contributed by atoms with Gasteiger partial charge in [-0.15, -0.1) is 0 Å². The molecule has 1 saturated heterocycles. The molecule has 1 aliphatic carbocycles. The van der Waals surface area contributed by atoms with Crippen molar-refractivity contribution in [2.75, 3.05) is 25.6 Å². The number of methoxy groups -OCH3 is 1. The number of nitrogens with zero attached hydrogens (tertiary/aromatic N) is 1. The first-order valence-electron chi connectivity index (χ1n) is 12.5. The maximum absolute atomic E-state index is 13.3. The Bertz CT molecular complexity index is 1060. The van der Waals surface area contributed by atoms with Crippen molar-refractivity contribution in [3.63, 3.8) is 0 Å². The number of ether oxygens (including phenoxy) is 3. The Morgan fingerprint density at radius 1 is 1.23 bits per heavy atom. The molecule has 39 heavy (non-hydrogen) atoms. The number of urea groups is 1. The first kappa shape index (κ1) is 30.3. The monoisotopic (exact) mass is 560 g/mol. The average molecular weight is 561 g/mol. The van der Waals surface area contributed by atoms with Crippen molar-refractivity contribution in [2.45, 2.75) is 82.6 Å². The Kier molecular flexibility index (Phi) is 9.21. The molecule has 4 amide bonds. The summed E-state index contributed by atoms with van der Waals surface area (Å²) in [6.45, 7) is 5.84. The molecule has 0 radical (unpaired) electrons. The van der Waals surface area contributed by atoms with Gasteiger partial charge in [0.05, 0.1) is 37.1 Å². The lowest BCUT2D eigenvalue weighted by Gasteiger charge is -2.28. The number of benzene rings is 1. The van der Waals surface area contributed by atoms with Crippen LogP contribution in [0.15, 0.2) is 18.2 Å². The van der Waals surface area contributed by atoms with Gasteiger partial charge in [0.25, 0.3) is 0 Å². The van der Waals surface area contributed by atoms with Crippen LogP contribution in [0.2, 0.25) is 0 Å². The highest BCUT2D eigenvalue weighted by Gasteiger charge is 2.48. The maximum atomic E-state index is 13.3. The number of rotatable bonds is 10. The van der Waals surface area contributed by atoms with Gasteiger partial charge in [0.2, 0.25) is 5.91 Å². The first-order chi connectivity index (χ1) is 18.1. The molecule has 0 aromatic heterocycles. The van der Waals surface area contributed by atoms with E-state index < -0.39 is 60.6 Å². The van der Waals surface area contributed by atoms with Crippen LogP contribution in [0.5, 0.6) is 5.75 Å². The number of alkyl carbamates (subject to hydrolysis) is 1. The van der Waals surface area contributed by atoms with Gasteiger partial charge in [-0.1, -0.05) is 6.07 Å². The quantitative estimate of drug-likeness (QED) is 0.322. The van der Waals surface area contributed by atoms with Gasteiger partial charge in [0.1, 0.15) is 23.4 Å². The highest BCUT2D eigenvalue weighted by Crippen LogP contribution is 2.34. The molecule has 1 saturated carbocycles. The van der Waals surface area contributed by atoms with Crippen molar-refractivity contribution in [3.05, 3.63) is 23.8 Å². The summed E-state index contributed by atoms with van der Waals surface area (Å²) in [5.74, 6) is -1.06. The van der Waals surface area contributed by atoms with E-state index in [0.29, 0.717) is 5.56 Å². The van der Waals surface area contributed by atoms with Gasteiger partial charge in [0, 0.05) is 7.11 Å². The van der Waals surface area contributed by atoms with Gasteiger partial charge in [-0.2, -0.15) is 13.2 Å². The number of amides is 4. The number of halogens is 3. The van der Waals surface area contributed by atoms with E-state index in [4.69, 9.17) is 14.2 Å². The summed E-state index contributed by atoms with van der Waals surface area (Å²) in [6.07, 6.45) is -4.60. The summed E-state index contributed by atoms with van der Waals surface area (Å²) < 4.78 is 55.9. The van der Waals surface area contributed by atoms with Gasteiger partial charge in [-0.05, 0) is 58.2 Å². The summed E-state index contributed by atoms with van der Waals surface area (Å²) in [7, 11) is 1.33. The summed E-state index contributed by atoms with van der Waals surface area (Å²) in [5, 5.41) is 17.4. The molecule has 2 fully saturated rings. The molecule has 4 atom stereocenters. The molecule has 2 aliphatic rings. The molecule has 0 unspecified atom stereocenters. The van der Waals surface area contributed by atoms with E-state index in [1.807, 2.05) is 5.32 Å². The van der Waals surface area contributed by atoms with Crippen molar-refractivity contribution >= 4 is 23.7 Å². The number of alkyl halides is 3. The third-order valence-electron chi connectivity index (χ3n) is 6.05. The lowest BCUT2D eigenvalue weighted by molar-refractivity contribution is -0.150. The second-order valence-electron chi connectivity index (χ2n) is 10.6. The van der Waals surface area contributed by atoms with E-state index >= 15 is 0 Å². The Balaban J connectivity index is 1.82. The van der Waals surface area contributed by atoms with E-state index in [2.05, 4.69) is 10.6 Å². The predicted molar refractivity (Wildman–Crippen MR) is 133 cm³/mol. The molecule has 1 heterocycles. The van der Waals surface area contributed by atoms with Crippen LogP contribution in [0.25, 0.3) is 0 Å². The number of hydrogen-bond acceptors (Lipinski definition) is 7. The predicted octanol–water partition coefficient (Wildman–Crippen LogP) is 3.44. The Morgan fingerprint density at radius 2 is 1.90 bits per heavy atom. The van der Waals surface area contributed by atoms with E-state index in [-0.39, 0.29) is 24.1 Å². The maximum Gasteiger partial charge on any atom is 0.410 e. The number of hydrogen-bond donors (Lipinski definition) is 4. The largest absolute Gasteiger partial charge is 0.506 e. The molecule has 4 N–H and O–H groups in total. The fraction of sp³-hybridized carbons (Fsp3) is 0.640. The van der Waals surface area contributed by atoms with E-state index in [1.54, 1.807) is 27.7 Å². The third-order valence-corrected chi connectivity index (χ3v) is 6.05. The zero-order chi connectivity index (χ0) is 29.1. The molecular formula is C25H35F3N4O7.